The lowest BCUT2D eigenvalue weighted by Crippen LogP contribution is -2.68. The fourth-order valence-electron chi connectivity index (χ4n) is 15.2. The van der Waals surface area contributed by atoms with Crippen molar-refractivity contribution in [3.63, 3.8) is 0 Å². The zero-order chi connectivity index (χ0) is 45.0. The number of aliphatic hydroxyl groups excluding tert-OH is 2. The molecule has 3 saturated carbocycles. The minimum Gasteiger partial charge on any atom is -0.392 e. The predicted molar refractivity (Wildman–Crippen MR) is 244 cm³/mol. The number of aryl methyl sites for hydroxylation is 1. The monoisotopic (exact) mass is 864 g/mol. The minimum atomic E-state index is -0.808. The molecule has 63 heavy (non-hydrogen) atoms. The van der Waals surface area contributed by atoms with E-state index in [1.54, 1.807) is 0 Å². The number of aromatic nitrogens is 2. The summed E-state index contributed by atoms with van der Waals surface area (Å²) in [7, 11) is 1.95. The van der Waals surface area contributed by atoms with Gasteiger partial charge >= 0.3 is 0 Å². The highest BCUT2D eigenvalue weighted by molar-refractivity contribution is 6.01. The Hall–Kier alpha value is -3.41. The molecule has 9 rings (SSSR count). The lowest BCUT2D eigenvalue weighted by molar-refractivity contribution is -0.222. The van der Waals surface area contributed by atoms with Gasteiger partial charge in [-0.1, -0.05) is 58.4 Å². The molecule has 342 valence electrons. The maximum absolute atomic E-state index is 14.9. The standard InChI is InChI=1S/C53H73N3O7/c1-30-22-33(32-13-20-62-21-14-32)25-34(23-30)37(29-57)35-27-56(38-12-18-55-45(35)38)28-36-44-43(31(2)24-39(58)48-49(3,4)63-48)40(59)26-53(44,8)52(7)16-10-41-50(5,17-19-54-9)42(60)11-15-51(41,6)47(52)46(36)61/h12,18,22-23,25,27,29,31-32,36-37,39,41,46-48,54-55,58,61H,10-11,13-17,19-21,24,26,28H2,1-9H3. The first-order chi connectivity index (χ1) is 29.8. The number of fused-ring (bicyclic) bond motifs is 6. The number of allylic oxidation sites excluding steroid dienone is 1. The number of aromatic amines is 1. The number of hydrogen-bond donors (Lipinski definition) is 4. The van der Waals surface area contributed by atoms with Gasteiger partial charge in [-0.15, -0.1) is 0 Å². The number of ketones is 2. The van der Waals surface area contributed by atoms with E-state index in [-0.39, 0.29) is 35.1 Å². The van der Waals surface area contributed by atoms with Crippen LogP contribution in [0.4, 0.5) is 0 Å². The number of aliphatic hydroxyl groups is 2. The number of nitrogens with one attached hydrogen (secondary N) is 2. The second-order valence-corrected chi connectivity index (χ2v) is 22.5. The minimum absolute atomic E-state index is 0.0953. The molecule has 0 spiro atoms. The lowest BCUT2D eigenvalue weighted by atomic mass is 9.34. The number of aldehydes is 1. The summed E-state index contributed by atoms with van der Waals surface area (Å²) in [5.41, 5.74) is 5.67. The summed E-state index contributed by atoms with van der Waals surface area (Å²) in [5, 5.41) is 28.3. The van der Waals surface area contributed by atoms with Crippen molar-refractivity contribution in [1.82, 2.24) is 14.9 Å². The molecule has 1 aromatic carbocycles. The first kappa shape index (κ1) is 44.8. The quantitative estimate of drug-likeness (QED) is 0.0992. The molecule has 0 amide bonds. The molecule has 2 aromatic heterocycles. The van der Waals surface area contributed by atoms with Crippen LogP contribution in [-0.4, -0.2) is 88.3 Å². The number of rotatable bonds is 13. The Morgan fingerprint density at radius 2 is 1.78 bits per heavy atom. The summed E-state index contributed by atoms with van der Waals surface area (Å²) in [4.78, 5) is 45.8. The molecule has 4 heterocycles. The van der Waals surface area contributed by atoms with Gasteiger partial charge in [-0.3, -0.25) is 9.59 Å². The van der Waals surface area contributed by atoms with Gasteiger partial charge in [-0.05, 0) is 142 Å². The third-order valence-corrected chi connectivity index (χ3v) is 18.6. The SMILES string of the molecule is CNCCC1(C)C(=O)CCC2(C)C1CCC1(C)C2C(O)C(Cn2cc(C(C=O)c3cc(C)cc(C4CCOCC4)c3)c3[nH]ccc32)C2=C(C(C)CC(O)C3OC3(C)C)C(=O)CC21C. The second kappa shape index (κ2) is 15.9. The maximum Gasteiger partial charge on any atom is 0.160 e. The van der Waals surface area contributed by atoms with E-state index in [9.17, 15) is 24.6 Å². The van der Waals surface area contributed by atoms with E-state index in [0.717, 1.165) is 97.0 Å². The van der Waals surface area contributed by atoms with Crippen LogP contribution in [0.5, 0.6) is 0 Å². The highest BCUT2D eigenvalue weighted by Crippen LogP contribution is 2.75. The van der Waals surface area contributed by atoms with Gasteiger partial charge in [0, 0.05) is 67.3 Å². The van der Waals surface area contributed by atoms with Crippen molar-refractivity contribution in [2.24, 2.45) is 45.3 Å². The van der Waals surface area contributed by atoms with Crippen LogP contribution >= 0.6 is 0 Å². The van der Waals surface area contributed by atoms with Crippen LogP contribution in [0.15, 0.2) is 47.8 Å². The Balaban J connectivity index is 1.16. The second-order valence-electron chi connectivity index (χ2n) is 22.5. The largest absolute Gasteiger partial charge is 0.392 e. The number of hydrogen-bond acceptors (Lipinski definition) is 8. The van der Waals surface area contributed by atoms with Crippen molar-refractivity contribution >= 4 is 28.9 Å². The number of benzene rings is 1. The molecule has 10 heteroatoms. The predicted octanol–water partition coefficient (Wildman–Crippen LogP) is 8.35. The molecule has 0 radical (unpaired) electrons. The Kier molecular flexibility index (Phi) is 11.3. The summed E-state index contributed by atoms with van der Waals surface area (Å²) in [6.07, 6.45) is 9.63. The Labute approximate surface area is 374 Å². The highest BCUT2D eigenvalue weighted by Gasteiger charge is 2.72. The molecule has 0 bridgehead atoms. The van der Waals surface area contributed by atoms with Crippen molar-refractivity contribution in [2.75, 3.05) is 26.8 Å². The van der Waals surface area contributed by atoms with Crippen LogP contribution in [0.1, 0.15) is 140 Å². The molecule has 10 nitrogen and oxygen atoms in total. The zero-order valence-electron chi connectivity index (χ0n) is 39.3. The molecule has 4 aliphatic carbocycles. The van der Waals surface area contributed by atoms with Gasteiger partial charge in [0.05, 0.1) is 34.8 Å². The molecular weight excluding hydrogens is 791 g/mol. The average molecular weight is 864 g/mol. The van der Waals surface area contributed by atoms with Crippen molar-refractivity contribution in [3.8, 4) is 0 Å². The third-order valence-electron chi connectivity index (χ3n) is 18.6. The summed E-state index contributed by atoms with van der Waals surface area (Å²) < 4.78 is 13.8. The van der Waals surface area contributed by atoms with Gasteiger partial charge in [-0.2, -0.15) is 0 Å². The fraction of sp³-hybridized carbons (Fsp3) is 0.679. The zero-order valence-corrected chi connectivity index (χ0v) is 39.3. The number of carbonyl (C=O) groups is 3. The van der Waals surface area contributed by atoms with E-state index in [0.29, 0.717) is 43.9 Å². The average Bonchev–Trinajstić information content (AvgIpc) is 3.52. The number of nitrogens with zero attached hydrogens (tertiary/aromatic N) is 1. The van der Waals surface area contributed by atoms with Crippen molar-refractivity contribution in [2.45, 2.75) is 155 Å². The van der Waals surface area contributed by atoms with Gasteiger partial charge in [0.1, 0.15) is 18.2 Å². The first-order valence-electron chi connectivity index (χ1n) is 24.1. The van der Waals surface area contributed by atoms with Crippen LogP contribution < -0.4 is 5.32 Å². The van der Waals surface area contributed by atoms with Crippen molar-refractivity contribution in [1.29, 1.82) is 0 Å². The number of H-pyrrole nitrogens is 1. The molecule has 3 aromatic rings. The molecule has 6 aliphatic rings. The summed E-state index contributed by atoms with van der Waals surface area (Å²) in [5.74, 6) is -0.422. The number of Topliss-reactive ketones (excluding diaryl/α,β-unsaturated/α-hetero) is 2. The highest BCUT2D eigenvalue weighted by atomic mass is 16.6. The smallest absolute Gasteiger partial charge is 0.160 e. The topological polar surface area (TPSA) is 146 Å². The van der Waals surface area contributed by atoms with Crippen molar-refractivity contribution in [3.05, 3.63) is 70.1 Å². The number of epoxide rings is 1. The van der Waals surface area contributed by atoms with Crippen LogP contribution in [-0.2, 0) is 30.4 Å². The van der Waals surface area contributed by atoms with Crippen LogP contribution in [0, 0.1) is 52.3 Å². The molecule has 12 atom stereocenters. The van der Waals surface area contributed by atoms with Gasteiger partial charge in [0.15, 0.2) is 5.78 Å². The Bertz CT molecular complexity index is 2320. The van der Waals surface area contributed by atoms with E-state index < -0.39 is 45.9 Å². The Morgan fingerprint density at radius 3 is 2.46 bits per heavy atom. The summed E-state index contributed by atoms with van der Waals surface area (Å²) >= 11 is 0. The van der Waals surface area contributed by atoms with Gasteiger partial charge in [0.25, 0.3) is 0 Å². The lowest BCUT2D eigenvalue weighted by Gasteiger charge is -2.70. The maximum atomic E-state index is 14.9. The van der Waals surface area contributed by atoms with Gasteiger partial charge < -0.3 is 39.3 Å². The molecule has 12 unspecified atom stereocenters. The summed E-state index contributed by atoms with van der Waals surface area (Å²) in [6.45, 7) is 20.0. The molecule has 2 aliphatic heterocycles. The van der Waals surface area contributed by atoms with Crippen LogP contribution in [0.2, 0.25) is 0 Å². The van der Waals surface area contributed by atoms with E-state index in [1.807, 2.05) is 27.1 Å². The van der Waals surface area contributed by atoms with E-state index in [2.05, 4.69) is 86.9 Å². The van der Waals surface area contributed by atoms with Gasteiger partial charge in [0.2, 0.25) is 0 Å². The van der Waals surface area contributed by atoms with Crippen LogP contribution in [0.3, 0.4) is 0 Å². The Morgan fingerprint density at radius 1 is 1.05 bits per heavy atom. The first-order valence-corrected chi connectivity index (χ1v) is 24.1. The van der Waals surface area contributed by atoms with Crippen LogP contribution in [0.25, 0.3) is 11.0 Å². The number of ether oxygens (including phenoxy) is 2. The van der Waals surface area contributed by atoms with E-state index in [4.69, 9.17) is 9.47 Å². The van der Waals surface area contributed by atoms with Crippen molar-refractivity contribution < 1.29 is 34.1 Å². The molecule has 2 saturated heterocycles. The molecule has 4 N–H and O–H groups in total. The van der Waals surface area contributed by atoms with Gasteiger partial charge in [-0.25, -0.2) is 0 Å². The van der Waals surface area contributed by atoms with E-state index >= 15 is 0 Å². The fourth-order valence-corrected chi connectivity index (χ4v) is 15.2. The third kappa shape index (κ3) is 6.93. The molecular formula is C53H73N3O7. The number of carbonyl (C=O) groups excluding carboxylic acids is 3. The normalized spacial score (nSPS) is 36.8. The molecule has 5 fully saturated rings. The summed E-state index contributed by atoms with van der Waals surface area (Å²) in [6, 6.07) is 8.66. The van der Waals surface area contributed by atoms with E-state index in [1.165, 1.54) is 5.56 Å².